The van der Waals surface area contributed by atoms with Crippen LogP contribution in [-0.4, -0.2) is 25.8 Å². The van der Waals surface area contributed by atoms with Crippen LogP contribution in [0, 0.1) is 23.5 Å². The minimum absolute atomic E-state index is 0.0822. The zero-order valence-electron chi connectivity index (χ0n) is 11.2. The van der Waals surface area contributed by atoms with Crippen molar-refractivity contribution < 1.29 is 17.2 Å². The Balaban J connectivity index is 2.41. The fourth-order valence-corrected chi connectivity index (χ4v) is 5.02. The molecule has 0 aliphatic carbocycles. The molecule has 2 atom stereocenters. The van der Waals surface area contributed by atoms with E-state index < -0.39 is 26.6 Å². The van der Waals surface area contributed by atoms with Crippen LogP contribution in [0.4, 0.5) is 8.78 Å². The number of piperidine rings is 1. The molecule has 0 spiro atoms. The van der Waals surface area contributed by atoms with Crippen LogP contribution in [0.3, 0.4) is 0 Å². The molecular weight excluding hydrogens is 352 g/mol. The molecule has 0 aromatic heterocycles. The zero-order chi connectivity index (χ0) is 15.1. The molecule has 1 fully saturated rings. The van der Waals surface area contributed by atoms with Crippen molar-refractivity contribution in [3.05, 3.63) is 28.2 Å². The van der Waals surface area contributed by atoms with E-state index in [0.29, 0.717) is 25.1 Å². The van der Waals surface area contributed by atoms with E-state index in [1.807, 2.05) is 6.92 Å². The molecule has 1 saturated heterocycles. The van der Waals surface area contributed by atoms with Gasteiger partial charge >= 0.3 is 0 Å². The molecule has 112 valence electrons. The topological polar surface area (TPSA) is 37.4 Å². The molecule has 0 saturated carbocycles. The highest BCUT2D eigenvalue weighted by Gasteiger charge is 2.34. The Hall–Kier alpha value is -0.530. The summed E-state index contributed by atoms with van der Waals surface area (Å²) in [6.45, 7) is 4.76. The minimum Gasteiger partial charge on any atom is -0.207 e. The first-order chi connectivity index (χ1) is 9.23. The molecule has 3 nitrogen and oxygen atoms in total. The summed E-state index contributed by atoms with van der Waals surface area (Å²) in [5.74, 6) is -1.24. The number of hydrogen-bond donors (Lipinski definition) is 0. The van der Waals surface area contributed by atoms with Gasteiger partial charge in [-0.15, -0.1) is 0 Å². The van der Waals surface area contributed by atoms with Gasteiger partial charge < -0.3 is 0 Å². The molecule has 0 amide bonds. The standard InChI is InChI=1S/C13H16BrF2NO2S/c1-8-3-4-17(7-9(8)2)20(18,19)13-11(14)5-10(15)6-12(13)16/h5-6,8-9H,3-4,7H2,1-2H3. The van der Waals surface area contributed by atoms with E-state index in [-0.39, 0.29) is 10.4 Å². The van der Waals surface area contributed by atoms with E-state index in [1.165, 1.54) is 4.31 Å². The van der Waals surface area contributed by atoms with Crippen molar-refractivity contribution in [3.63, 3.8) is 0 Å². The second kappa shape index (κ2) is 5.69. The van der Waals surface area contributed by atoms with E-state index in [1.54, 1.807) is 0 Å². The molecular formula is C13H16BrF2NO2S. The van der Waals surface area contributed by atoms with Gasteiger partial charge in [0.05, 0.1) is 0 Å². The van der Waals surface area contributed by atoms with E-state index in [0.717, 1.165) is 12.5 Å². The van der Waals surface area contributed by atoms with Crippen molar-refractivity contribution in [2.24, 2.45) is 11.8 Å². The predicted octanol–water partition coefficient (Wildman–Crippen LogP) is 3.39. The number of halogens is 3. The number of rotatable bonds is 2. The third kappa shape index (κ3) is 2.89. The second-order valence-electron chi connectivity index (χ2n) is 5.30. The van der Waals surface area contributed by atoms with Crippen molar-refractivity contribution in [1.82, 2.24) is 4.31 Å². The zero-order valence-corrected chi connectivity index (χ0v) is 13.6. The highest BCUT2D eigenvalue weighted by molar-refractivity contribution is 9.10. The van der Waals surface area contributed by atoms with Crippen LogP contribution in [0.25, 0.3) is 0 Å². The van der Waals surface area contributed by atoms with Crippen molar-refractivity contribution in [1.29, 1.82) is 0 Å². The number of benzene rings is 1. The first kappa shape index (κ1) is 15.9. The molecule has 2 unspecified atom stereocenters. The minimum atomic E-state index is -3.95. The van der Waals surface area contributed by atoms with Crippen LogP contribution < -0.4 is 0 Å². The fraction of sp³-hybridized carbons (Fsp3) is 0.538. The Morgan fingerprint density at radius 3 is 2.45 bits per heavy atom. The van der Waals surface area contributed by atoms with Crippen molar-refractivity contribution >= 4 is 26.0 Å². The lowest BCUT2D eigenvalue weighted by atomic mass is 9.90. The third-order valence-corrected chi connectivity index (χ3v) is 6.69. The van der Waals surface area contributed by atoms with Crippen molar-refractivity contribution in [2.75, 3.05) is 13.1 Å². The SMILES string of the molecule is CC1CCN(S(=O)(=O)c2c(F)cc(F)cc2Br)CC1C. The van der Waals surface area contributed by atoms with Gasteiger partial charge in [0, 0.05) is 23.6 Å². The van der Waals surface area contributed by atoms with E-state index >= 15 is 0 Å². The molecule has 1 aromatic carbocycles. The number of sulfonamides is 1. The Morgan fingerprint density at radius 2 is 1.90 bits per heavy atom. The molecule has 20 heavy (non-hydrogen) atoms. The quantitative estimate of drug-likeness (QED) is 0.803. The van der Waals surface area contributed by atoms with Gasteiger partial charge in [0.1, 0.15) is 16.5 Å². The predicted molar refractivity (Wildman–Crippen MR) is 75.8 cm³/mol. The highest BCUT2D eigenvalue weighted by atomic mass is 79.9. The summed E-state index contributed by atoms with van der Waals surface area (Å²) >= 11 is 2.94. The maximum atomic E-state index is 13.9. The third-order valence-electron chi connectivity index (χ3n) is 3.86. The average Bonchev–Trinajstić information content (AvgIpc) is 2.30. The summed E-state index contributed by atoms with van der Waals surface area (Å²) in [4.78, 5) is -0.486. The van der Waals surface area contributed by atoms with Crippen LogP contribution in [0.15, 0.2) is 21.5 Å². The monoisotopic (exact) mass is 367 g/mol. The van der Waals surface area contributed by atoms with Gasteiger partial charge in [-0.05, 0) is 40.3 Å². The lowest BCUT2D eigenvalue weighted by molar-refractivity contribution is 0.212. The van der Waals surface area contributed by atoms with Crippen molar-refractivity contribution in [3.8, 4) is 0 Å². The van der Waals surface area contributed by atoms with E-state index in [4.69, 9.17) is 0 Å². The summed E-state index contributed by atoms with van der Waals surface area (Å²) < 4.78 is 53.2. The second-order valence-corrected chi connectivity index (χ2v) is 8.03. The molecule has 1 heterocycles. The highest BCUT2D eigenvalue weighted by Crippen LogP contribution is 2.32. The normalized spacial score (nSPS) is 24.9. The summed E-state index contributed by atoms with van der Waals surface area (Å²) in [6.07, 6.45) is 0.737. The number of nitrogens with zero attached hydrogens (tertiary/aromatic N) is 1. The largest absolute Gasteiger partial charge is 0.247 e. The van der Waals surface area contributed by atoms with Crippen molar-refractivity contribution in [2.45, 2.75) is 25.2 Å². The first-order valence-corrected chi connectivity index (χ1v) is 8.61. The van der Waals surface area contributed by atoms with Gasteiger partial charge in [0.2, 0.25) is 10.0 Å². The smallest absolute Gasteiger partial charge is 0.207 e. The van der Waals surface area contributed by atoms with Crippen LogP contribution in [0.5, 0.6) is 0 Å². The maximum absolute atomic E-state index is 13.9. The Labute approximate surface area is 126 Å². The van der Waals surface area contributed by atoms with Crippen LogP contribution >= 0.6 is 15.9 Å². The maximum Gasteiger partial charge on any atom is 0.247 e. The number of hydrogen-bond acceptors (Lipinski definition) is 2. The molecule has 1 aromatic rings. The molecule has 0 radical (unpaired) electrons. The Bertz CT molecular complexity index is 598. The van der Waals surface area contributed by atoms with Gasteiger partial charge in [-0.3, -0.25) is 0 Å². The van der Waals surface area contributed by atoms with Gasteiger partial charge in [0.15, 0.2) is 0 Å². The lowest BCUT2D eigenvalue weighted by Gasteiger charge is -2.34. The summed E-state index contributed by atoms with van der Waals surface area (Å²) in [7, 11) is -3.95. The van der Waals surface area contributed by atoms with Crippen LogP contribution in [0.1, 0.15) is 20.3 Å². The molecule has 0 bridgehead atoms. The summed E-state index contributed by atoms with van der Waals surface area (Å²) in [5, 5.41) is 0. The molecule has 2 rings (SSSR count). The molecule has 1 aliphatic heterocycles. The Kier molecular flexibility index (Phi) is 4.51. The summed E-state index contributed by atoms with van der Waals surface area (Å²) in [5.41, 5.74) is 0. The summed E-state index contributed by atoms with van der Waals surface area (Å²) in [6, 6.07) is 1.56. The van der Waals surface area contributed by atoms with Gasteiger partial charge in [-0.25, -0.2) is 17.2 Å². The fourth-order valence-electron chi connectivity index (χ4n) is 2.35. The average molecular weight is 368 g/mol. The van der Waals surface area contributed by atoms with E-state index in [9.17, 15) is 17.2 Å². The van der Waals surface area contributed by atoms with Gasteiger partial charge in [0.25, 0.3) is 0 Å². The van der Waals surface area contributed by atoms with Crippen LogP contribution in [-0.2, 0) is 10.0 Å². The van der Waals surface area contributed by atoms with E-state index in [2.05, 4.69) is 22.9 Å². The van der Waals surface area contributed by atoms with Gasteiger partial charge in [-0.1, -0.05) is 13.8 Å². The Morgan fingerprint density at radius 1 is 1.25 bits per heavy atom. The van der Waals surface area contributed by atoms with Crippen LogP contribution in [0.2, 0.25) is 0 Å². The molecule has 7 heteroatoms. The van der Waals surface area contributed by atoms with Gasteiger partial charge in [-0.2, -0.15) is 4.31 Å². The lowest BCUT2D eigenvalue weighted by Crippen LogP contribution is -2.42. The molecule has 0 N–H and O–H groups in total. The first-order valence-electron chi connectivity index (χ1n) is 6.38. The molecule has 1 aliphatic rings.